The normalized spacial score (nSPS) is 35.3. The molecule has 19 heavy (non-hydrogen) atoms. The average Bonchev–Trinajstić information content (AvgIpc) is 2.44. The number of aliphatic hydroxyl groups excluding tert-OH is 1. The summed E-state index contributed by atoms with van der Waals surface area (Å²) < 4.78 is 16.6. The molecule has 1 aromatic rings. The van der Waals surface area contributed by atoms with E-state index in [0.29, 0.717) is 6.61 Å². The predicted molar refractivity (Wildman–Crippen MR) is 71.5 cm³/mol. The van der Waals surface area contributed by atoms with Gasteiger partial charge >= 0.3 is 0 Å². The molecule has 0 spiro atoms. The molecule has 1 N–H and O–H groups in total. The van der Waals surface area contributed by atoms with Gasteiger partial charge in [-0.3, -0.25) is 0 Å². The number of hydrogen-bond donors (Lipinski definition) is 1. The highest BCUT2D eigenvalue weighted by molar-refractivity contribution is 5.13. The molecule has 106 valence electrons. The van der Waals surface area contributed by atoms with Crippen LogP contribution < -0.4 is 0 Å². The van der Waals surface area contributed by atoms with Gasteiger partial charge in [0, 0.05) is 13.0 Å². The van der Waals surface area contributed by atoms with Crippen LogP contribution in [0.1, 0.15) is 19.4 Å². The van der Waals surface area contributed by atoms with E-state index in [9.17, 15) is 5.11 Å². The number of rotatable bonds is 4. The Morgan fingerprint density at radius 1 is 1.21 bits per heavy atom. The summed E-state index contributed by atoms with van der Waals surface area (Å²) in [5.74, 6) is 0.116. The lowest BCUT2D eigenvalue weighted by Gasteiger charge is -2.41. The first-order chi connectivity index (χ1) is 9.13. The minimum absolute atomic E-state index is 0.00544. The van der Waals surface area contributed by atoms with Crippen molar-refractivity contribution in [2.24, 2.45) is 5.92 Å². The third-order valence-corrected chi connectivity index (χ3v) is 3.74. The van der Waals surface area contributed by atoms with Crippen LogP contribution in [-0.2, 0) is 20.8 Å². The molecule has 1 aliphatic rings. The van der Waals surface area contributed by atoms with Crippen molar-refractivity contribution < 1.29 is 19.3 Å². The average molecular weight is 266 g/mol. The smallest absolute Gasteiger partial charge is 0.185 e. The number of aliphatic hydroxyl groups is 1. The van der Waals surface area contributed by atoms with Crippen molar-refractivity contribution in [3.63, 3.8) is 0 Å². The number of ether oxygens (including phenoxy) is 3. The van der Waals surface area contributed by atoms with Gasteiger partial charge in [0.25, 0.3) is 0 Å². The van der Waals surface area contributed by atoms with Crippen molar-refractivity contribution in [2.45, 2.75) is 45.1 Å². The van der Waals surface area contributed by atoms with Crippen molar-refractivity contribution in [1.29, 1.82) is 0 Å². The van der Waals surface area contributed by atoms with Gasteiger partial charge in [-0.15, -0.1) is 0 Å². The fourth-order valence-corrected chi connectivity index (χ4v) is 2.36. The zero-order valence-corrected chi connectivity index (χ0v) is 11.7. The molecule has 0 aromatic heterocycles. The Labute approximate surface area is 114 Å². The molecule has 1 fully saturated rings. The van der Waals surface area contributed by atoms with E-state index >= 15 is 0 Å². The molecule has 1 aliphatic heterocycles. The van der Waals surface area contributed by atoms with Gasteiger partial charge in [-0.2, -0.15) is 0 Å². The first kappa shape index (κ1) is 14.5. The fraction of sp³-hybridized carbons (Fsp3) is 0.600. The summed E-state index contributed by atoms with van der Waals surface area (Å²) in [6.45, 7) is 4.48. The minimum atomic E-state index is -0.764. The summed E-state index contributed by atoms with van der Waals surface area (Å²) in [5.41, 5.74) is 1.09. The Morgan fingerprint density at radius 3 is 2.53 bits per heavy atom. The summed E-state index contributed by atoms with van der Waals surface area (Å²) in [7, 11) is 1.53. The molecule has 0 saturated carbocycles. The van der Waals surface area contributed by atoms with Crippen molar-refractivity contribution in [3.8, 4) is 0 Å². The largest absolute Gasteiger partial charge is 0.385 e. The summed E-state index contributed by atoms with van der Waals surface area (Å²) >= 11 is 0. The third-order valence-electron chi connectivity index (χ3n) is 3.74. The molecule has 0 amide bonds. The summed E-state index contributed by atoms with van der Waals surface area (Å²) in [6.07, 6.45) is -1.67. The SMILES string of the molecule is CO[C@@H]1OC(C)[C@@H](C)C(OCc2ccccc2)C1O. The van der Waals surface area contributed by atoms with Gasteiger partial charge in [-0.05, 0) is 12.5 Å². The predicted octanol–water partition coefficient (Wildman–Crippen LogP) is 1.96. The standard InChI is InChI=1S/C15H22O4/c1-10-11(2)19-15(17-3)13(16)14(10)18-9-12-7-5-4-6-8-12/h4-8,10-11,13-16H,9H2,1-3H3/t10-,11?,13?,14?,15-/m1/s1. The van der Waals surface area contributed by atoms with E-state index in [-0.39, 0.29) is 18.1 Å². The molecule has 4 nitrogen and oxygen atoms in total. The van der Waals surface area contributed by atoms with Gasteiger partial charge in [0.15, 0.2) is 6.29 Å². The number of methoxy groups -OCH3 is 1. The van der Waals surface area contributed by atoms with Crippen molar-refractivity contribution in [2.75, 3.05) is 7.11 Å². The molecule has 0 bridgehead atoms. The monoisotopic (exact) mass is 266 g/mol. The second kappa shape index (κ2) is 6.48. The lowest BCUT2D eigenvalue weighted by molar-refractivity contribution is -0.281. The van der Waals surface area contributed by atoms with Crippen LogP contribution in [-0.4, -0.2) is 36.8 Å². The number of benzene rings is 1. The molecule has 3 unspecified atom stereocenters. The van der Waals surface area contributed by atoms with Gasteiger partial charge in [0.05, 0.1) is 18.8 Å². The topological polar surface area (TPSA) is 47.9 Å². The second-order valence-electron chi connectivity index (χ2n) is 5.06. The zero-order chi connectivity index (χ0) is 13.8. The Morgan fingerprint density at radius 2 is 1.89 bits per heavy atom. The zero-order valence-electron chi connectivity index (χ0n) is 11.7. The second-order valence-corrected chi connectivity index (χ2v) is 5.06. The van der Waals surface area contributed by atoms with Crippen LogP contribution in [0.4, 0.5) is 0 Å². The molecule has 0 radical (unpaired) electrons. The lowest BCUT2D eigenvalue weighted by Crippen LogP contribution is -2.54. The maximum absolute atomic E-state index is 10.2. The number of hydrogen-bond acceptors (Lipinski definition) is 4. The van der Waals surface area contributed by atoms with Gasteiger partial charge in [-0.25, -0.2) is 0 Å². The van der Waals surface area contributed by atoms with Crippen LogP contribution in [0.3, 0.4) is 0 Å². The fourth-order valence-electron chi connectivity index (χ4n) is 2.36. The van der Waals surface area contributed by atoms with E-state index in [1.54, 1.807) is 0 Å². The molecule has 1 saturated heterocycles. The van der Waals surface area contributed by atoms with Gasteiger partial charge in [0.2, 0.25) is 0 Å². The maximum Gasteiger partial charge on any atom is 0.185 e. The first-order valence-corrected chi connectivity index (χ1v) is 6.65. The van der Waals surface area contributed by atoms with Crippen LogP contribution in [0, 0.1) is 5.92 Å². The summed E-state index contributed by atoms with van der Waals surface area (Å²) in [5, 5.41) is 10.2. The van der Waals surface area contributed by atoms with Gasteiger partial charge in [-0.1, -0.05) is 37.3 Å². The minimum Gasteiger partial charge on any atom is -0.385 e. The Balaban J connectivity index is 2.00. The van der Waals surface area contributed by atoms with E-state index in [2.05, 4.69) is 0 Å². The van der Waals surface area contributed by atoms with E-state index in [1.807, 2.05) is 44.2 Å². The molecule has 0 aliphatic carbocycles. The van der Waals surface area contributed by atoms with E-state index in [4.69, 9.17) is 14.2 Å². The molecule has 5 atom stereocenters. The van der Waals surface area contributed by atoms with Gasteiger partial charge in [0.1, 0.15) is 6.10 Å². The van der Waals surface area contributed by atoms with Crippen molar-refractivity contribution in [3.05, 3.63) is 35.9 Å². The van der Waals surface area contributed by atoms with Crippen LogP contribution in [0.15, 0.2) is 30.3 Å². The molecule has 4 heteroatoms. The highest BCUT2D eigenvalue weighted by Gasteiger charge is 2.42. The third kappa shape index (κ3) is 3.34. The van der Waals surface area contributed by atoms with Gasteiger partial charge < -0.3 is 19.3 Å². The van der Waals surface area contributed by atoms with E-state index in [0.717, 1.165) is 5.56 Å². The highest BCUT2D eigenvalue weighted by Crippen LogP contribution is 2.28. The van der Waals surface area contributed by atoms with Crippen molar-refractivity contribution in [1.82, 2.24) is 0 Å². The molecular formula is C15H22O4. The summed E-state index contributed by atoms with van der Waals surface area (Å²) in [6, 6.07) is 9.94. The first-order valence-electron chi connectivity index (χ1n) is 6.65. The van der Waals surface area contributed by atoms with Crippen molar-refractivity contribution >= 4 is 0 Å². The van der Waals surface area contributed by atoms with E-state index in [1.165, 1.54) is 7.11 Å². The van der Waals surface area contributed by atoms with Crippen LogP contribution in [0.25, 0.3) is 0 Å². The molecule has 1 heterocycles. The Kier molecular flexibility index (Phi) is 4.93. The molecule has 2 rings (SSSR count). The van der Waals surface area contributed by atoms with E-state index < -0.39 is 12.4 Å². The summed E-state index contributed by atoms with van der Waals surface area (Å²) in [4.78, 5) is 0. The quantitative estimate of drug-likeness (QED) is 0.905. The van der Waals surface area contributed by atoms with Crippen LogP contribution >= 0.6 is 0 Å². The van der Waals surface area contributed by atoms with Crippen LogP contribution in [0.5, 0.6) is 0 Å². The maximum atomic E-state index is 10.2. The Bertz CT molecular complexity index is 381. The van der Waals surface area contributed by atoms with Crippen LogP contribution in [0.2, 0.25) is 0 Å². The Hall–Kier alpha value is -0.940. The highest BCUT2D eigenvalue weighted by atomic mass is 16.7. The lowest BCUT2D eigenvalue weighted by atomic mass is 9.91. The molecular weight excluding hydrogens is 244 g/mol. The molecule has 1 aromatic carbocycles.